The first kappa shape index (κ1) is 12.9. The molecule has 1 rings (SSSR count). The van der Waals surface area contributed by atoms with Gasteiger partial charge in [-0.1, -0.05) is 18.2 Å². The molecule has 0 aromatic heterocycles. The molecule has 1 aromatic rings. The third-order valence-electron chi connectivity index (χ3n) is 2.14. The van der Waals surface area contributed by atoms with Gasteiger partial charge in [0, 0.05) is 18.5 Å². The smallest absolute Gasteiger partial charge is 0.303 e. The van der Waals surface area contributed by atoms with E-state index in [4.69, 9.17) is 5.11 Å². The van der Waals surface area contributed by atoms with Crippen LogP contribution in [0.25, 0.3) is 0 Å². The van der Waals surface area contributed by atoms with Crippen molar-refractivity contribution in [1.29, 1.82) is 0 Å². The largest absolute Gasteiger partial charge is 0.481 e. The molecule has 0 saturated carbocycles. The molecule has 5 heteroatoms. The van der Waals surface area contributed by atoms with Crippen molar-refractivity contribution < 1.29 is 19.5 Å². The molecule has 0 spiro atoms. The second kappa shape index (κ2) is 6.42. The molecule has 5 nitrogen and oxygen atoms in total. The molecule has 90 valence electrons. The van der Waals surface area contributed by atoms with E-state index in [1.54, 1.807) is 24.3 Å². The topological polar surface area (TPSA) is 83.5 Å². The minimum atomic E-state index is -0.997. The Morgan fingerprint density at radius 1 is 1.29 bits per heavy atom. The summed E-state index contributed by atoms with van der Waals surface area (Å²) in [6.07, 6.45) is 0.513. The number of hydrogen-bond acceptors (Lipinski definition) is 3. The van der Waals surface area contributed by atoms with E-state index in [0.717, 1.165) is 11.8 Å². The summed E-state index contributed by atoms with van der Waals surface area (Å²) in [7, 11) is 0. The number of aliphatic carboxylic acids is 1. The summed E-state index contributed by atoms with van der Waals surface area (Å²) < 4.78 is 0. The van der Waals surface area contributed by atoms with Gasteiger partial charge in [-0.05, 0) is 11.6 Å². The summed E-state index contributed by atoms with van der Waals surface area (Å²) in [5, 5.41) is 11.0. The predicted octanol–water partition coefficient (Wildman–Crippen LogP) is 0.980. The number of carbonyl (C=O) groups is 3. The van der Waals surface area contributed by atoms with Crippen molar-refractivity contribution in [3.8, 4) is 0 Å². The lowest BCUT2D eigenvalue weighted by atomic mass is 10.1. The molecule has 0 aliphatic carbocycles. The number of carbonyl (C=O) groups excluding carboxylic acids is 2. The van der Waals surface area contributed by atoms with Gasteiger partial charge < -0.3 is 10.4 Å². The highest BCUT2D eigenvalue weighted by Crippen LogP contribution is 2.03. The summed E-state index contributed by atoms with van der Waals surface area (Å²) >= 11 is 0. The fraction of sp³-hybridized carbons (Fsp3) is 0.250. The van der Waals surface area contributed by atoms with Gasteiger partial charge in [-0.15, -0.1) is 0 Å². The zero-order chi connectivity index (χ0) is 12.7. The van der Waals surface area contributed by atoms with Crippen LogP contribution in [0.5, 0.6) is 0 Å². The van der Waals surface area contributed by atoms with Gasteiger partial charge >= 0.3 is 5.97 Å². The molecule has 1 aromatic carbocycles. The van der Waals surface area contributed by atoms with Gasteiger partial charge in [0.15, 0.2) is 0 Å². The Morgan fingerprint density at radius 2 is 2.06 bits per heavy atom. The quantitative estimate of drug-likeness (QED) is 0.720. The molecule has 0 aliphatic heterocycles. The van der Waals surface area contributed by atoms with Crippen molar-refractivity contribution >= 4 is 18.2 Å². The standard InChI is InChI=1S/C12H13NO4/c14-8-10-3-1-2-9(6-10)7-13-11(15)4-5-12(16)17/h1-3,6,8H,4-5,7H2,(H,13,15)(H,16,17). The van der Waals surface area contributed by atoms with Crippen molar-refractivity contribution in [2.45, 2.75) is 19.4 Å². The number of nitrogens with one attached hydrogen (secondary N) is 1. The van der Waals surface area contributed by atoms with Crippen LogP contribution in [-0.4, -0.2) is 23.3 Å². The Hall–Kier alpha value is -2.17. The van der Waals surface area contributed by atoms with E-state index in [0.29, 0.717) is 12.1 Å². The average Bonchev–Trinajstić information content (AvgIpc) is 2.34. The average molecular weight is 235 g/mol. The van der Waals surface area contributed by atoms with Gasteiger partial charge in [0.25, 0.3) is 0 Å². The van der Waals surface area contributed by atoms with Crippen LogP contribution >= 0.6 is 0 Å². The van der Waals surface area contributed by atoms with Crippen molar-refractivity contribution in [2.75, 3.05) is 0 Å². The number of amides is 1. The van der Waals surface area contributed by atoms with E-state index in [1.807, 2.05) is 0 Å². The SMILES string of the molecule is O=Cc1cccc(CNC(=O)CCC(=O)O)c1. The highest BCUT2D eigenvalue weighted by molar-refractivity contribution is 5.80. The minimum absolute atomic E-state index is 0.0390. The van der Waals surface area contributed by atoms with Crippen LogP contribution in [0.4, 0.5) is 0 Å². The number of hydrogen-bond donors (Lipinski definition) is 2. The van der Waals surface area contributed by atoms with Crippen molar-refractivity contribution in [3.63, 3.8) is 0 Å². The van der Waals surface area contributed by atoms with Gasteiger partial charge in [-0.2, -0.15) is 0 Å². The maximum atomic E-state index is 11.2. The maximum absolute atomic E-state index is 11.2. The number of aldehydes is 1. The Balaban J connectivity index is 2.41. The molecule has 17 heavy (non-hydrogen) atoms. The van der Waals surface area contributed by atoms with Gasteiger partial charge in [0.05, 0.1) is 6.42 Å². The summed E-state index contributed by atoms with van der Waals surface area (Å²) in [5.74, 6) is -1.31. The fourth-order valence-corrected chi connectivity index (χ4v) is 1.29. The fourth-order valence-electron chi connectivity index (χ4n) is 1.29. The van der Waals surface area contributed by atoms with E-state index in [1.165, 1.54) is 0 Å². The van der Waals surface area contributed by atoms with Crippen molar-refractivity contribution in [1.82, 2.24) is 5.32 Å². The van der Waals surface area contributed by atoms with Crippen molar-refractivity contribution in [2.24, 2.45) is 0 Å². The van der Waals surface area contributed by atoms with Crippen LogP contribution in [-0.2, 0) is 16.1 Å². The highest BCUT2D eigenvalue weighted by atomic mass is 16.4. The zero-order valence-corrected chi connectivity index (χ0v) is 9.18. The Morgan fingerprint density at radius 3 is 2.71 bits per heavy atom. The first-order chi connectivity index (χ1) is 8.11. The Kier molecular flexibility index (Phi) is 4.87. The van der Waals surface area contributed by atoms with Gasteiger partial charge in [-0.3, -0.25) is 14.4 Å². The Labute approximate surface area is 98.4 Å². The third-order valence-corrected chi connectivity index (χ3v) is 2.14. The van der Waals surface area contributed by atoms with Gasteiger partial charge in [-0.25, -0.2) is 0 Å². The van der Waals surface area contributed by atoms with E-state index in [9.17, 15) is 14.4 Å². The Bertz CT molecular complexity index is 428. The van der Waals surface area contributed by atoms with Crippen LogP contribution in [0.3, 0.4) is 0 Å². The normalized spacial score (nSPS) is 9.65. The zero-order valence-electron chi connectivity index (χ0n) is 9.18. The second-order valence-electron chi connectivity index (χ2n) is 3.53. The van der Waals surface area contributed by atoms with E-state index < -0.39 is 5.97 Å². The van der Waals surface area contributed by atoms with Crippen LogP contribution in [0.1, 0.15) is 28.8 Å². The summed E-state index contributed by atoms with van der Waals surface area (Å²) in [5.41, 5.74) is 1.35. The highest BCUT2D eigenvalue weighted by Gasteiger charge is 2.04. The lowest BCUT2D eigenvalue weighted by molar-refractivity contribution is -0.138. The number of rotatable bonds is 6. The van der Waals surface area contributed by atoms with Crippen LogP contribution < -0.4 is 5.32 Å². The molecule has 0 heterocycles. The summed E-state index contributed by atoms with van der Waals surface area (Å²) in [6.45, 7) is 0.292. The third kappa shape index (κ3) is 4.92. The predicted molar refractivity (Wildman–Crippen MR) is 60.5 cm³/mol. The molecule has 1 amide bonds. The maximum Gasteiger partial charge on any atom is 0.303 e. The molecule has 0 aliphatic rings. The molecule has 0 saturated heterocycles. The summed E-state index contributed by atoms with van der Waals surface area (Å²) in [6, 6.07) is 6.85. The van der Waals surface area contributed by atoms with Crippen LogP contribution in [0.15, 0.2) is 24.3 Å². The monoisotopic (exact) mass is 235 g/mol. The lowest BCUT2D eigenvalue weighted by Gasteiger charge is -2.04. The lowest BCUT2D eigenvalue weighted by Crippen LogP contribution is -2.23. The van der Waals surface area contributed by atoms with Crippen LogP contribution in [0.2, 0.25) is 0 Å². The van der Waals surface area contributed by atoms with Crippen molar-refractivity contribution in [3.05, 3.63) is 35.4 Å². The van der Waals surface area contributed by atoms with Crippen LogP contribution in [0, 0.1) is 0 Å². The molecular formula is C12H13NO4. The molecule has 0 unspecified atom stereocenters. The van der Waals surface area contributed by atoms with E-state index in [2.05, 4.69) is 5.32 Å². The number of carboxylic acids is 1. The first-order valence-corrected chi connectivity index (χ1v) is 5.14. The molecular weight excluding hydrogens is 222 g/mol. The van der Waals surface area contributed by atoms with E-state index in [-0.39, 0.29) is 18.7 Å². The minimum Gasteiger partial charge on any atom is -0.481 e. The molecule has 0 radical (unpaired) electrons. The summed E-state index contributed by atoms with van der Waals surface area (Å²) in [4.78, 5) is 32.0. The molecule has 0 atom stereocenters. The van der Waals surface area contributed by atoms with E-state index >= 15 is 0 Å². The van der Waals surface area contributed by atoms with Gasteiger partial charge in [0.2, 0.25) is 5.91 Å². The molecule has 0 fully saturated rings. The number of benzene rings is 1. The molecule has 2 N–H and O–H groups in total. The molecule has 0 bridgehead atoms. The second-order valence-corrected chi connectivity index (χ2v) is 3.53. The van der Waals surface area contributed by atoms with Gasteiger partial charge in [0.1, 0.15) is 6.29 Å². The number of carboxylic acid groups (broad SMARTS) is 1. The first-order valence-electron chi connectivity index (χ1n) is 5.14.